The molecule has 0 fully saturated rings. The van der Waals surface area contributed by atoms with Crippen molar-refractivity contribution in [3.8, 4) is 34.1 Å². The normalized spacial score (nSPS) is 11.2. The quantitative estimate of drug-likeness (QED) is 0.0993. The number of pyridine rings is 1. The van der Waals surface area contributed by atoms with Gasteiger partial charge in [-0.1, -0.05) is 80.7 Å². The number of aromatic nitrogens is 4. The fraction of sp³-hybridized carbons (Fsp3) is 0.220. The average Bonchev–Trinajstić information content (AvgIpc) is 3.62. The number of fused-ring (bicyclic) bond motifs is 3. The SMILES string of the molecule is CCCCc1nn(-c2[c-]c(Oc3[c-]c4c(cc3)c3ccccc3n4-c3cc(C)ccn3)ccc2)c(CCCC)c1-c1ccccc1.[Pd+2]. The molecule has 5 nitrogen and oxygen atoms in total. The van der Waals surface area contributed by atoms with Gasteiger partial charge in [0.2, 0.25) is 0 Å². The first kappa shape index (κ1) is 32.4. The maximum Gasteiger partial charge on any atom is 2.00 e. The largest absolute Gasteiger partial charge is 2.00 e. The van der Waals surface area contributed by atoms with E-state index >= 15 is 0 Å². The predicted octanol–water partition coefficient (Wildman–Crippen LogP) is 10.4. The van der Waals surface area contributed by atoms with Crippen molar-refractivity contribution in [2.75, 3.05) is 0 Å². The second-order valence-electron chi connectivity index (χ2n) is 11.9. The Balaban J connectivity index is 0.00000386. The number of hydrogen-bond donors (Lipinski definition) is 0. The van der Waals surface area contributed by atoms with Crippen LogP contribution in [-0.2, 0) is 33.3 Å². The van der Waals surface area contributed by atoms with Crippen molar-refractivity contribution in [3.63, 3.8) is 0 Å². The summed E-state index contributed by atoms with van der Waals surface area (Å²) in [6, 6.07) is 40.5. The Morgan fingerprint density at radius 1 is 0.745 bits per heavy atom. The number of rotatable bonds is 11. The fourth-order valence-electron chi connectivity index (χ4n) is 6.29. The molecule has 3 heterocycles. The zero-order valence-electron chi connectivity index (χ0n) is 27.1. The second kappa shape index (κ2) is 14.5. The molecule has 0 atom stereocenters. The van der Waals surface area contributed by atoms with E-state index in [1.165, 1.54) is 16.8 Å². The summed E-state index contributed by atoms with van der Waals surface area (Å²) in [6.45, 7) is 6.56. The molecule has 0 unspecified atom stereocenters. The molecule has 0 spiro atoms. The van der Waals surface area contributed by atoms with Crippen LogP contribution < -0.4 is 4.74 Å². The van der Waals surface area contributed by atoms with E-state index in [0.717, 1.165) is 83.1 Å². The third kappa shape index (κ3) is 6.54. The Hall–Kier alpha value is -4.50. The van der Waals surface area contributed by atoms with Gasteiger partial charge in [0.25, 0.3) is 0 Å². The minimum Gasteiger partial charge on any atom is -0.509 e. The number of para-hydroxylation sites is 1. The van der Waals surface area contributed by atoms with E-state index in [2.05, 4.69) is 115 Å². The van der Waals surface area contributed by atoms with Crippen LogP contribution in [0.4, 0.5) is 0 Å². The summed E-state index contributed by atoms with van der Waals surface area (Å²) in [5.74, 6) is 2.11. The van der Waals surface area contributed by atoms with Crippen LogP contribution in [-0.4, -0.2) is 19.3 Å². The summed E-state index contributed by atoms with van der Waals surface area (Å²) in [5.41, 5.74) is 8.91. The Morgan fingerprint density at radius 2 is 1.51 bits per heavy atom. The van der Waals surface area contributed by atoms with Crippen molar-refractivity contribution in [2.45, 2.75) is 59.3 Å². The van der Waals surface area contributed by atoms with E-state index in [9.17, 15) is 0 Å². The molecule has 7 aromatic rings. The second-order valence-corrected chi connectivity index (χ2v) is 11.9. The molecule has 0 radical (unpaired) electrons. The zero-order chi connectivity index (χ0) is 31.5. The number of nitrogens with zero attached hydrogens (tertiary/aromatic N) is 4. The third-order valence-corrected chi connectivity index (χ3v) is 8.54. The maximum absolute atomic E-state index is 6.48. The van der Waals surface area contributed by atoms with E-state index in [1.54, 1.807) is 0 Å². The van der Waals surface area contributed by atoms with Gasteiger partial charge in [-0.2, -0.15) is 17.2 Å². The average molecular weight is 709 g/mol. The Morgan fingerprint density at radius 3 is 2.32 bits per heavy atom. The van der Waals surface area contributed by atoms with Crippen LogP contribution in [0.25, 0.3) is 44.4 Å². The van der Waals surface area contributed by atoms with E-state index < -0.39 is 0 Å². The van der Waals surface area contributed by atoms with E-state index in [4.69, 9.17) is 14.8 Å². The fourth-order valence-corrected chi connectivity index (χ4v) is 6.29. The molecule has 6 heteroatoms. The molecule has 0 bridgehead atoms. The molecular weight excluding hydrogens is 671 g/mol. The first-order chi connectivity index (χ1) is 22.6. The van der Waals surface area contributed by atoms with E-state index in [-0.39, 0.29) is 20.4 Å². The van der Waals surface area contributed by atoms with Gasteiger partial charge < -0.3 is 9.30 Å². The van der Waals surface area contributed by atoms with Crippen LogP contribution in [0.2, 0.25) is 0 Å². The van der Waals surface area contributed by atoms with Crippen LogP contribution in [0.1, 0.15) is 56.5 Å². The molecule has 0 aliphatic carbocycles. The first-order valence-corrected chi connectivity index (χ1v) is 16.4. The van der Waals surface area contributed by atoms with Crippen molar-refractivity contribution in [3.05, 3.63) is 132 Å². The summed E-state index contributed by atoms with van der Waals surface area (Å²) in [4.78, 5) is 4.71. The van der Waals surface area contributed by atoms with Gasteiger partial charge in [0.15, 0.2) is 0 Å². The first-order valence-electron chi connectivity index (χ1n) is 16.4. The zero-order valence-corrected chi connectivity index (χ0v) is 28.6. The minimum atomic E-state index is 0. The van der Waals surface area contributed by atoms with Gasteiger partial charge in [0.05, 0.1) is 5.69 Å². The Labute approximate surface area is 290 Å². The molecule has 0 saturated carbocycles. The van der Waals surface area contributed by atoms with Crippen LogP contribution in [0.5, 0.6) is 11.5 Å². The standard InChI is InChI=1S/C41H38N4O.Pd/c1-4-6-19-36-41(30-14-9-8-10-15-30)38(20-7-5-2)45(43-36)31-16-13-17-32(27-31)46-33-22-23-35-34-18-11-12-21-37(34)44(39(35)28-33)40-26-29(3)24-25-42-40;/h8-18,21-26H,4-7,19-20H2,1-3H3;/q-2;+2. The van der Waals surface area contributed by atoms with Crippen LogP contribution >= 0.6 is 0 Å². The van der Waals surface area contributed by atoms with Crippen LogP contribution in [0, 0.1) is 19.1 Å². The number of unbranched alkanes of at least 4 members (excludes halogenated alkanes) is 2. The maximum atomic E-state index is 6.48. The Bertz CT molecular complexity index is 2130. The van der Waals surface area contributed by atoms with Crippen molar-refractivity contribution in [1.82, 2.24) is 19.3 Å². The van der Waals surface area contributed by atoms with Gasteiger partial charge in [0, 0.05) is 34.5 Å². The summed E-state index contributed by atoms with van der Waals surface area (Å²) < 4.78 is 10.7. The summed E-state index contributed by atoms with van der Waals surface area (Å²) in [6.07, 6.45) is 8.18. The number of aryl methyl sites for hydroxylation is 2. The smallest absolute Gasteiger partial charge is 0.509 e. The summed E-state index contributed by atoms with van der Waals surface area (Å²) >= 11 is 0. The van der Waals surface area contributed by atoms with Crippen molar-refractivity contribution in [1.29, 1.82) is 0 Å². The summed E-state index contributed by atoms with van der Waals surface area (Å²) in [5, 5.41) is 7.49. The molecule has 0 saturated heterocycles. The molecule has 0 aliphatic heterocycles. The molecule has 4 aromatic carbocycles. The van der Waals surface area contributed by atoms with Crippen LogP contribution in [0.3, 0.4) is 0 Å². The molecule has 3 aromatic heterocycles. The molecule has 47 heavy (non-hydrogen) atoms. The van der Waals surface area contributed by atoms with E-state index in [1.807, 2.05) is 30.5 Å². The third-order valence-electron chi connectivity index (χ3n) is 8.54. The Kier molecular flexibility index (Phi) is 10.0. The van der Waals surface area contributed by atoms with Crippen molar-refractivity contribution >= 4 is 21.8 Å². The molecule has 0 amide bonds. The van der Waals surface area contributed by atoms with Crippen molar-refractivity contribution in [2.24, 2.45) is 0 Å². The van der Waals surface area contributed by atoms with Gasteiger partial charge >= 0.3 is 20.4 Å². The molecule has 7 rings (SSSR count). The van der Waals surface area contributed by atoms with Gasteiger partial charge in [-0.25, -0.2) is 4.98 Å². The molecule has 0 aliphatic rings. The number of ether oxygens (including phenoxy) is 1. The van der Waals surface area contributed by atoms with Gasteiger partial charge in [-0.05, 0) is 73.0 Å². The summed E-state index contributed by atoms with van der Waals surface area (Å²) in [7, 11) is 0. The predicted molar refractivity (Wildman–Crippen MR) is 187 cm³/mol. The number of hydrogen-bond acceptors (Lipinski definition) is 3. The van der Waals surface area contributed by atoms with Gasteiger partial charge in [-0.3, -0.25) is 4.68 Å². The topological polar surface area (TPSA) is 44.9 Å². The minimum absolute atomic E-state index is 0. The van der Waals surface area contributed by atoms with Gasteiger partial charge in [-0.15, -0.1) is 35.7 Å². The molecule has 0 N–H and O–H groups in total. The van der Waals surface area contributed by atoms with E-state index in [0.29, 0.717) is 11.5 Å². The monoisotopic (exact) mass is 708 g/mol. The van der Waals surface area contributed by atoms with Crippen LogP contribution in [0.15, 0.2) is 103 Å². The van der Waals surface area contributed by atoms with Gasteiger partial charge in [0.1, 0.15) is 5.82 Å². The molecular formula is C41H38N4OPd. The number of benzene rings is 4. The van der Waals surface area contributed by atoms with Crippen molar-refractivity contribution < 1.29 is 25.2 Å². The molecule has 238 valence electrons.